The fourth-order valence-electron chi connectivity index (χ4n) is 3.14. The van der Waals surface area contributed by atoms with Crippen LogP contribution in [0.15, 0.2) is 88.5 Å². The number of nitrogens with one attached hydrogen (secondary N) is 1. The first-order valence-corrected chi connectivity index (χ1v) is 11.2. The first kappa shape index (κ1) is 21.6. The number of benzene rings is 3. The molecule has 0 aliphatic rings. The predicted octanol–water partition coefficient (Wildman–Crippen LogP) is 5.92. The molecule has 0 spiro atoms. The lowest BCUT2D eigenvalue weighted by atomic mass is 10.0. The molecule has 162 valence electrons. The Morgan fingerprint density at radius 1 is 0.969 bits per heavy atom. The molecule has 32 heavy (non-hydrogen) atoms. The molecule has 0 radical (unpaired) electrons. The van der Waals surface area contributed by atoms with Gasteiger partial charge in [-0.3, -0.25) is 4.79 Å². The van der Waals surface area contributed by atoms with Gasteiger partial charge in [-0.15, -0.1) is 10.2 Å². The molecule has 0 saturated heterocycles. The third kappa shape index (κ3) is 5.18. The van der Waals surface area contributed by atoms with Crippen molar-refractivity contribution in [1.29, 1.82) is 0 Å². The molecule has 0 saturated carbocycles. The summed E-state index contributed by atoms with van der Waals surface area (Å²) in [6, 6.07) is 25.1. The summed E-state index contributed by atoms with van der Waals surface area (Å²) in [6.07, 6.45) is 0. The third-order valence-electron chi connectivity index (χ3n) is 4.74. The fourth-order valence-corrected chi connectivity index (χ4v) is 3.82. The number of hydrogen-bond donors (Lipinski definition) is 1. The highest BCUT2D eigenvalue weighted by molar-refractivity contribution is 8.00. The molecule has 1 amide bonds. The Morgan fingerprint density at radius 2 is 1.69 bits per heavy atom. The van der Waals surface area contributed by atoms with Crippen molar-refractivity contribution >= 4 is 23.4 Å². The number of nitrogens with zero attached hydrogens (tertiary/aromatic N) is 2. The Hall–Kier alpha value is -3.58. The van der Waals surface area contributed by atoms with E-state index in [0.717, 1.165) is 28.1 Å². The number of hydrogen-bond acceptors (Lipinski definition) is 6. The highest BCUT2D eigenvalue weighted by Gasteiger charge is 2.20. The van der Waals surface area contributed by atoms with E-state index in [1.165, 1.54) is 11.8 Å². The lowest BCUT2D eigenvalue weighted by Gasteiger charge is -2.14. The molecule has 3 aromatic carbocycles. The topological polar surface area (TPSA) is 77.2 Å². The van der Waals surface area contributed by atoms with Gasteiger partial charge in [0.2, 0.25) is 11.8 Å². The minimum atomic E-state index is -0.424. The van der Waals surface area contributed by atoms with Crippen molar-refractivity contribution in [2.45, 2.75) is 24.3 Å². The van der Waals surface area contributed by atoms with Crippen LogP contribution in [0.2, 0.25) is 0 Å². The van der Waals surface area contributed by atoms with Gasteiger partial charge in [0.05, 0.1) is 11.9 Å². The van der Waals surface area contributed by atoms with E-state index in [2.05, 4.69) is 15.5 Å². The largest absolute Gasteiger partial charge is 0.494 e. The molecule has 4 rings (SSSR count). The van der Waals surface area contributed by atoms with Crippen molar-refractivity contribution in [3.63, 3.8) is 0 Å². The zero-order valence-corrected chi connectivity index (χ0v) is 18.6. The molecule has 1 aromatic heterocycles. The van der Waals surface area contributed by atoms with Crippen molar-refractivity contribution in [3.8, 4) is 28.3 Å². The summed E-state index contributed by atoms with van der Waals surface area (Å²) in [5, 5.41) is 11.1. The van der Waals surface area contributed by atoms with Crippen LogP contribution in [0.1, 0.15) is 13.8 Å². The number of carbonyl (C=O) groups is 1. The molecule has 6 nitrogen and oxygen atoms in total. The smallest absolute Gasteiger partial charge is 0.277 e. The van der Waals surface area contributed by atoms with Crippen LogP contribution >= 0.6 is 11.8 Å². The standard InChI is InChI=1S/C25H23N3O3S/c1-3-30-20-15-13-19(14-16-20)24-27-28-25(31-24)32-17(2)23(29)26-22-12-8-7-11-21(22)18-9-5-4-6-10-18/h4-17H,3H2,1-2H3,(H,26,29). The van der Waals surface area contributed by atoms with E-state index in [4.69, 9.17) is 9.15 Å². The van der Waals surface area contributed by atoms with E-state index in [-0.39, 0.29) is 5.91 Å². The first-order chi connectivity index (χ1) is 15.6. The van der Waals surface area contributed by atoms with E-state index in [9.17, 15) is 4.79 Å². The van der Waals surface area contributed by atoms with Gasteiger partial charge in [0.15, 0.2) is 0 Å². The van der Waals surface area contributed by atoms with Crippen molar-refractivity contribution < 1.29 is 13.9 Å². The number of anilines is 1. The Morgan fingerprint density at radius 3 is 2.44 bits per heavy atom. The Bertz CT molecular complexity index is 1180. The van der Waals surface area contributed by atoms with Gasteiger partial charge in [0, 0.05) is 16.8 Å². The molecule has 0 bridgehead atoms. The zero-order valence-electron chi connectivity index (χ0n) is 17.8. The number of carbonyl (C=O) groups excluding carboxylic acids is 1. The number of thioether (sulfide) groups is 1. The summed E-state index contributed by atoms with van der Waals surface area (Å²) in [5.41, 5.74) is 3.56. The number of para-hydroxylation sites is 1. The molecular formula is C25H23N3O3S. The number of amides is 1. The van der Waals surface area contributed by atoms with Crippen LogP contribution in [-0.4, -0.2) is 28.0 Å². The second-order valence-corrected chi connectivity index (χ2v) is 8.28. The molecule has 0 aliphatic heterocycles. The molecule has 1 N–H and O–H groups in total. The summed E-state index contributed by atoms with van der Waals surface area (Å²) in [5.74, 6) is 1.04. The maximum Gasteiger partial charge on any atom is 0.277 e. The molecule has 1 atom stereocenters. The van der Waals surface area contributed by atoms with Crippen LogP contribution in [0.25, 0.3) is 22.6 Å². The van der Waals surface area contributed by atoms with Crippen LogP contribution < -0.4 is 10.1 Å². The summed E-state index contributed by atoms with van der Waals surface area (Å²) >= 11 is 1.22. The Kier molecular flexibility index (Phi) is 6.87. The fraction of sp³-hybridized carbons (Fsp3) is 0.160. The average molecular weight is 446 g/mol. The monoisotopic (exact) mass is 445 g/mol. The van der Waals surface area contributed by atoms with Crippen molar-refractivity contribution in [2.75, 3.05) is 11.9 Å². The van der Waals surface area contributed by atoms with Gasteiger partial charge >= 0.3 is 0 Å². The molecule has 7 heteroatoms. The van der Waals surface area contributed by atoms with Crippen molar-refractivity contribution in [3.05, 3.63) is 78.9 Å². The van der Waals surface area contributed by atoms with Gasteiger partial charge in [-0.1, -0.05) is 60.3 Å². The number of rotatable bonds is 8. The van der Waals surface area contributed by atoms with Crippen LogP contribution in [0.4, 0.5) is 5.69 Å². The van der Waals surface area contributed by atoms with Crippen LogP contribution in [-0.2, 0) is 4.79 Å². The minimum absolute atomic E-state index is 0.140. The second-order valence-electron chi connectivity index (χ2n) is 6.99. The zero-order chi connectivity index (χ0) is 22.3. The summed E-state index contributed by atoms with van der Waals surface area (Å²) < 4.78 is 11.2. The highest BCUT2D eigenvalue weighted by atomic mass is 32.2. The van der Waals surface area contributed by atoms with Gasteiger partial charge in [-0.2, -0.15) is 0 Å². The van der Waals surface area contributed by atoms with Gasteiger partial charge < -0.3 is 14.5 Å². The Labute approximate surface area is 191 Å². The molecule has 1 heterocycles. The predicted molar refractivity (Wildman–Crippen MR) is 127 cm³/mol. The van der Waals surface area contributed by atoms with E-state index in [0.29, 0.717) is 17.7 Å². The van der Waals surface area contributed by atoms with E-state index < -0.39 is 5.25 Å². The van der Waals surface area contributed by atoms with Crippen molar-refractivity contribution in [1.82, 2.24) is 10.2 Å². The average Bonchev–Trinajstić information content (AvgIpc) is 3.29. The maximum atomic E-state index is 12.8. The molecular weight excluding hydrogens is 422 g/mol. The van der Waals surface area contributed by atoms with Crippen molar-refractivity contribution in [2.24, 2.45) is 0 Å². The Balaban J connectivity index is 1.42. The van der Waals surface area contributed by atoms with E-state index >= 15 is 0 Å². The second kappa shape index (κ2) is 10.2. The lowest BCUT2D eigenvalue weighted by molar-refractivity contribution is -0.115. The van der Waals surface area contributed by atoms with Crippen LogP contribution in [0, 0.1) is 0 Å². The van der Waals surface area contributed by atoms with Crippen LogP contribution in [0.5, 0.6) is 5.75 Å². The highest BCUT2D eigenvalue weighted by Crippen LogP contribution is 2.30. The molecule has 0 aliphatic carbocycles. The number of ether oxygens (including phenoxy) is 1. The number of aromatic nitrogens is 2. The lowest BCUT2D eigenvalue weighted by Crippen LogP contribution is -2.22. The van der Waals surface area contributed by atoms with E-state index in [1.807, 2.05) is 92.7 Å². The van der Waals surface area contributed by atoms with Gasteiger partial charge in [-0.05, 0) is 49.7 Å². The SMILES string of the molecule is CCOc1ccc(-c2nnc(SC(C)C(=O)Nc3ccccc3-c3ccccc3)o2)cc1. The summed E-state index contributed by atoms with van der Waals surface area (Å²) in [6.45, 7) is 4.36. The molecule has 1 unspecified atom stereocenters. The first-order valence-electron chi connectivity index (χ1n) is 10.3. The van der Waals surface area contributed by atoms with Gasteiger partial charge in [0.1, 0.15) is 5.75 Å². The maximum absolute atomic E-state index is 12.8. The van der Waals surface area contributed by atoms with E-state index in [1.54, 1.807) is 0 Å². The summed E-state index contributed by atoms with van der Waals surface area (Å²) in [7, 11) is 0. The molecule has 4 aromatic rings. The third-order valence-corrected chi connectivity index (χ3v) is 5.67. The van der Waals surface area contributed by atoms with Gasteiger partial charge in [-0.25, -0.2) is 0 Å². The quantitative estimate of drug-likeness (QED) is 0.339. The minimum Gasteiger partial charge on any atom is -0.494 e. The van der Waals surface area contributed by atoms with Crippen LogP contribution in [0.3, 0.4) is 0 Å². The molecule has 0 fully saturated rings. The van der Waals surface area contributed by atoms with Gasteiger partial charge in [0.25, 0.3) is 5.22 Å². The normalized spacial score (nSPS) is 11.7. The summed E-state index contributed by atoms with van der Waals surface area (Å²) in [4.78, 5) is 12.8.